The topological polar surface area (TPSA) is 3.24 Å². The van der Waals surface area contributed by atoms with E-state index in [2.05, 4.69) is 11.8 Å². The van der Waals surface area contributed by atoms with Crippen molar-refractivity contribution in [1.82, 2.24) is 0 Å². The molecule has 0 spiro atoms. The van der Waals surface area contributed by atoms with Crippen LogP contribution in [0.25, 0.3) is 0 Å². The Morgan fingerprint density at radius 3 is 2.30 bits per heavy atom. The average molecular weight is 176 g/mol. The molecule has 3 heteroatoms. The first-order valence-electron chi connectivity index (χ1n) is 3.04. The van der Waals surface area contributed by atoms with Crippen molar-refractivity contribution in [1.29, 1.82) is 0 Å². The van der Waals surface area contributed by atoms with Gasteiger partial charge in [0.2, 0.25) is 0 Å². The predicted octanol–water partition coefficient (Wildman–Crippen LogP) is 2.78. The Balaban J connectivity index is 3.03. The van der Waals surface area contributed by atoms with E-state index in [-0.39, 0.29) is 0 Å². The van der Waals surface area contributed by atoms with Crippen molar-refractivity contribution in [2.45, 2.75) is 6.92 Å². The first-order valence-corrected chi connectivity index (χ1v) is 4.24. The highest BCUT2D eigenvalue weighted by atomic mass is 35.5. The third-order valence-corrected chi connectivity index (χ3v) is 2.80. The second-order valence-corrected chi connectivity index (χ2v) is 4.10. The highest BCUT2D eigenvalue weighted by Crippen LogP contribution is 2.32. The van der Waals surface area contributed by atoms with Crippen LogP contribution in [0, 0.1) is 6.92 Å². The fraction of sp³-hybridized carbons (Fsp3) is 0.429. The van der Waals surface area contributed by atoms with E-state index in [0.29, 0.717) is 0 Å². The molecule has 0 radical (unpaired) electrons. The lowest BCUT2D eigenvalue weighted by atomic mass is 10.3. The van der Waals surface area contributed by atoms with E-state index in [0.717, 1.165) is 4.34 Å². The van der Waals surface area contributed by atoms with Gasteiger partial charge in [-0.1, -0.05) is 11.6 Å². The van der Waals surface area contributed by atoms with E-state index < -0.39 is 0 Å². The molecular formula is C7H10ClNS. The molecule has 0 aliphatic heterocycles. The van der Waals surface area contributed by atoms with Crippen molar-refractivity contribution < 1.29 is 0 Å². The lowest BCUT2D eigenvalue weighted by Crippen LogP contribution is -2.07. The zero-order valence-electron chi connectivity index (χ0n) is 6.31. The lowest BCUT2D eigenvalue weighted by molar-refractivity contribution is 1.14. The van der Waals surface area contributed by atoms with Gasteiger partial charge in [-0.25, -0.2) is 0 Å². The number of nitrogens with zero attached hydrogens (tertiary/aromatic N) is 1. The van der Waals surface area contributed by atoms with Crippen molar-refractivity contribution in [3.63, 3.8) is 0 Å². The standard InChI is InChI=1S/C7H10ClNS/c1-5-4-6(8)10-7(5)9(2)3/h4H,1-3H3. The molecule has 0 aliphatic carbocycles. The monoisotopic (exact) mass is 175 g/mol. The summed E-state index contributed by atoms with van der Waals surface area (Å²) in [7, 11) is 4.05. The average Bonchev–Trinajstić information content (AvgIpc) is 2.10. The summed E-state index contributed by atoms with van der Waals surface area (Å²) in [5, 5.41) is 1.24. The number of rotatable bonds is 1. The molecule has 56 valence electrons. The summed E-state index contributed by atoms with van der Waals surface area (Å²) < 4.78 is 0.862. The quantitative estimate of drug-likeness (QED) is 0.635. The molecule has 0 bridgehead atoms. The number of aryl methyl sites for hydroxylation is 1. The second kappa shape index (κ2) is 2.81. The van der Waals surface area contributed by atoms with Crippen LogP contribution in [0.4, 0.5) is 5.00 Å². The fourth-order valence-corrected chi connectivity index (χ4v) is 2.08. The first kappa shape index (κ1) is 7.89. The van der Waals surface area contributed by atoms with E-state index in [9.17, 15) is 0 Å². The van der Waals surface area contributed by atoms with Crippen LogP contribution in [0.1, 0.15) is 5.56 Å². The van der Waals surface area contributed by atoms with Gasteiger partial charge in [-0.2, -0.15) is 0 Å². The summed E-state index contributed by atoms with van der Waals surface area (Å²) in [6.45, 7) is 2.07. The van der Waals surface area contributed by atoms with Gasteiger partial charge in [0, 0.05) is 14.1 Å². The van der Waals surface area contributed by atoms with Crippen molar-refractivity contribution in [2.24, 2.45) is 0 Å². The fourth-order valence-electron chi connectivity index (χ4n) is 0.878. The number of anilines is 1. The van der Waals surface area contributed by atoms with Crippen LogP contribution in [0.3, 0.4) is 0 Å². The van der Waals surface area contributed by atoms with Gasteiger partial charge in [0.15, 0.2) is 0 Å². The van der Waals surface area contributed by atoms with Crippen LogP contribution in [-0.4, -0.2) is 14.1 Å². The SMILES string of the molecule is Cc1cc(Cl)sc1N(C)C. The van der Waals surface area contributed by atoms with Gasteiger partial charge in [0.1, 0.15) is 0 Å². The van der Waals surface area contributed by atoms with E-state index in [1.165, 1.54) is 10.6 Å². The largest absolute Gasteiger partial charge is 0.369 e. The highest BCUT2D eigenvalue weighted by Gasteiger charge is 2.04. The van der Waals surface area contributed by atoms with Crippen molar-refractivity contribution in [2.75, 3.05) is 19.0 Å². The first-order chi connectivity index (χ1) is 4.61. The second-order valence-electron chi connectivity index (χ2n) is 2.43. The van der Waals surface area contributed by atoms with Gasteiger partial charge in [-0.15, -0.1) is 11.3 Å². The smallest absolute Gasteiger partial charge is 0.0952 e. The zero-order chi connectivity index (χ0) is 7.72. The molecule has 10 heavy (non-hydrogen) atoms. The summed E-state index contributed by atoms with van der Waals surface area (Å²) >= 11 is 7.42. The minimum absolute atomic E-state index is 0.862. The lowest BCUT2D eigenvalue weighted by Gasteiger charge is -2.09. The highest BCUT2D eigenvalue weighted by molar-refractivity contribution is 7.20. The van der Waals surface area contributed by atoms with Crippen LogP contribution in [0.15, 0.2) is 6.07 Å². The number of hydrogen-bond donors (Lipinski definition) is 0. The van der Waals surface area contributed by atoms with Gasteiger partial charge in [-0.3, -0.25) is 0 Å². The summed E-state index contributed by atoms with van der Waals surface area (Å²) in [6, 6.07) is 1.99. The van der Waals surface area contributed by atoms with Crippen molar-refractivity contribution >= 4 is 27.9 Å². The third kappa shape index (κ3) is 1.44. The maximum Gasteiger partial charge on any atom is 0.0952 e. The van der Waals surface area contributed by atoms with E-state index >= 15 is 0 Å². The molecule has 0 aliphatic rings. The van der Waals surface area contributed by atoms with Crippen LogP contribution in [-0.2, 0) is 0 Å². The number of thiophene rings is 1. The molecule has 0 saturated heterocycles. The molecule has 1 rings (SSSR count). The predicted molar refractivity (Wildman–Crippen MR) is 48.4 cm³/mol. The third-order valence-electron chi connectivity index (χ3n) is 1.27. The van der Waals surface area contributed by atoms with E-state index in [4.69, 9.17) is 11.6 Å². The summed E-state index contributed by atoms with van der Waals surface area (Å²) in [5.41, 5.74) is 1.25. The van der Waals surface area contributed by atoms with Crippen LogP contribution < -0.4 is 4.90 Å². The van der Waals surface area contributed by atoms with Gasteiger partial charge >= 0.3 is 0 Å². The summed E-state index contributed by atoms with van der Waals surface area (Å²) in [5.74, 6) is 0. The number of halogens is 1. The van der Waals surface area contributed by atoms with Gasteiger partial charge in [0.05, 0.1) is 9.34 Å². The molecule has 0 amide bonds. The molecule has 1 heterocycles. The molecule has 1 aromatic rings. The van der Waals surface area contributed by atoms with Crippen LogP contribution in [0.2, 0.25) is 4.34 Å². The zero-order valence-corrected chi connectivity index (χ0v) is 7.88. The van der Waals surface area contributed by atoms with Gasteiger partial charge in [-0.05, 0) is 18.6 Å². The minimum atomic E-state index is 0.862. The van der Waals surface area contributed by atoms with Crippen molar-refractivity contribution in [3.8, 4) is 0 Å². The molecule has 0 saturated carbocycles. The summed E-state index contributed by atoms with van der Waals surface area (Å²) in [4.78, 5) is 2.08. The Kier molecular flexibility index (Phi) is 2.21. The molecule has 1 nitrogen and oxygen atoms in total. The Hall–Kier alpha value is -0.210. The maximum atomic E-state index is 5.80. The Morgan fingerprint density at radius 1 is 1.50 bits per heavy atom. The van der Waals surface area contributed by atoms with E-state index in [1.54, 1.807) is 11.3 Å². The van der Waals surface area contributed by atoms with Crippen LogP contribution >= 0.6 is 22.9 Å². The molecule has 0 atom stereocenters. The Bertz CT molecular complexity index is 230. The normalized spacial score (nSPS) is 10.0. The molecule has 1 aromatic heterocycles. The summed E-state index contributed by atoms with van der Waals surface area (Å²) in [6.07, 6.45) is 0. The molecule has 0 fully saturated rings. The minimum Gasteiger partial charge on any atom is -0.369 e. The molecule has 0 unspecified atom stereocenters. The molecule has 0 aromatic carbocycles. The van der Waals surface area contributed by atoms with Crippen molar-refractivity contribution in [3.05, 3.63) is 16.0 Å². The Labute approximate surface area is 70.2 Å². The van der Waals surface area contributed by atoms with Gasteiger partial charge in [0.25, 0.3) is 0 Å². The van der Waals surface area contributed by atoms with Gasteiger partial charge < -0.3 is 4.90 Å². The molecular weight excluding hydrogens is 166 g/mol. The Morgan fingerprint density at radius 2 is 2.10 bits per heavy atom. The van der Waals surface area contributed by atoms with Crippen LogP contribution in [0.5, 0.6) is 0 Å². The number of hydrogen-bond acceptors (Lipinski definition) is 2. The van der Waals surface area contributed by atoms with E-state index in [1.807, 2.05) is 20.2 Å². The molecule has 0 N–H and O–H groups in total. The maximum absolute atomic E-state index is 5.80.